The summed E-state index contributed by atoms with van der Waals surface area (Å²) in [4.78, 5) is 15.0. The first-order valence-corrected chi connectivity index (χ1v) is 8.92. The first kappa shape index (κ1) is 17.2. The topological polar surface area (TPSA) is 50.8 Å². The zero-order chi connectivity index (χ0) is 16.9. The zero-order valence-corrected chi connectivity index (χ0v) is 14.7. The second-order valence-electron chi connectivity index (χ2n) is 6.87. The summed E-state index contributed by atoms with van der Waals surface area (Å²) in [6.45, 7) is 5.99. The van der Waals surface area contributed by atoms with Crippen LogP contribution in [0, 0.1) is 11.8 Å². The fourth-order valence-corrected chi connectivity index (χ4v) is 3.46. The molecule has 5 nitrogen and oxygen atoms in total. The molecule has 132 valence electrons. The highest BCUT2D eigenvalue weighted by atomic mass is 16.5. The number of carbonyl (C=O) groups excluding carboxylic acids is 1. The molecule has 0 aliphatic carbocycles. The van der Waals surface area contributed by atoms with Gasteiger partial charge in [-0.3, -0.25) is 4.79 Å². The van der Waals surface area contributed by atoms with Crippen LogP contribution in [-0.2, 0) is 16.1 Å². The van der Waals surface area contributed by atoms with Gasteiger partial charge in [0, 0.05) is 31.2 Å². The number of methoxy groups -OCH3 is 1. The summed E-state index contributed by atoms with van der Waals surface area (Å²) in [5.41, 5.74) is 1.05. The van der Waals surface area contributed by atoms with E-state index in [1.165, 1.54) is 0 Å². The lowest BCUT2D eigenvalue weighted by Gasteiger charge is -2.36. The van der Waals surface area contributed by atoms with Crippen molar-refractivity contribution in [2.45, 2.75) is 32.4 Å². The zero-order valence-electron chi connectivity index (χ0n) is 14.7. The molecule has 2 saturated heterocycles. The first-order valence-electron chi connectivity index (χ1n) is 8.92. The third kappa shape index (κ3) is 3.90. The summed E-state index contributed by atoms with van der Waals surface area (Å²) in [5, 5.41) is 3.26. The van der Waals surface area contributed by atoms with Gasteiger partial charge in [-0.1, -0.05) is 25.1 Å². The molecule has 0 saturated carbocycles. The van der Waals surface area contributed by atoms with E-state index in [0.717, 1.165) is 43.9 Å². The van der Waals surface area contributed by atoms with Gasteiger partial charge in [0.05, 0.1) is 13.2 Å². The Labute approximate surface area is 144 Å². The van der Waals surface area contributed by atoms with Gasteiger partial charge in [-0.05, 0) is 37.9 Å². The van der Waals surface area contributed by atoms with Crippen molar-refractivity contribution in [2.24, 2.45) is 11.8 Å². The molecular weight excluding hydrogens is 304 g/mol. The minimum atomic E-state index is 0.0439. The molecule has 2 aliphatic heterocycles. The Morgan fingerprint density at radius 1 is 1.42 bits per heavy atom. The Bertz CT molecular complexity index is 553. The van der Waals surface area contributed by atoms with Crippen LogP contribution in [0.2, 0.25) is 0 Å². The van der Waals surface area contributed by atoms with Crippen LogP contribution in [0.3, 0.4) is 0 Å². The van der Waals surface area contributed by atoms with Gasteiger partial charge < -0.3 is 19.7 Å². The van der Waals surface area contributed by atoms with Gasteiger partial charge in [0.15, 0.2) is 0 Å². The van der Waals surface area contributed by atoms with Crippen molar-refractivity contribution in [2.75, 3.05) is 33.4 Å². The maximum absolute atomic E-state index is 13.1. The second-order valence-corrected chi connectivity index (χ2v) is 6.87. The third-order valence-electron chi connectivity index (χ3n) is 5.22. The van der Waals surface area contributed by atoms with Crippen molar-refractivity contribution in [1.29, 1.82) is 0 Å². The van der Waals surface area contributed by atoms with Crippen LogP contribution in [-0.4, -0.2) is 50.3 Å². The van der Waals surface area contributed by atoms with Crippen molar-refractivity contribution in [1.82, 2.24) is 10.2 Å². The largest absolute Gasteiger partial charge is 0.496 e. The van der Waals surface area contributed by atoms with E-state index >= 15 is 0 Å². The Morgan fingerprint density at radius 2 is 2.21 bits per heavy atom. The highest BCUT2D eigenvalue weighted by molar-refractivity contribution is 5.79. The smallest absolute Gasteiger partial charge is 0.226 e. The number of carbonyl (C=O) groups is 1. The molecule has 0 aromatic heterocycles. The molecule has 0 spiro atoms. The number of ether oxygens (including phenoxy) is 2. The summed E-state index contributed by atoms with van der Waals surface area (Å²) >= 11 is 0. The summed E-state index contributed by atoms with van der Waals surface area (Å²) in [7, 11) is 1.67. The van der Waals surface area contributed by atoms with E-state index in [2.05, 4.69) is 12.2 Å². The SMILES string of the molecule is COc1ccccc1CN(CC1CCCO1)C(=O)C(C)C1CNC1. The molecule has 0 radical (unpaired) electrons. The highest BCUT2D eigenvalue weighted by Gasteiger charge is 2.33. The maximum atomic E-state index is 13.1. The van der Waals surface area contributed by atoms with Crippen LogP contribution >= 0.6 is 0 Å². The number of hydrogen-bond acceptors (Lipinski definition) is 4. The fraction of sp³-hybridized carbons (Fsp3) is 0.632. The standard InChI is InChI=1S/C19H28N2O3/c1-14(16-10-20-11-16)19(22)21(13-17-7-5-9-24-17)12-15-6-3-4-8-18(15)23-2/h3-4,6,8,14,16-17,20H,5,7,9-13H2,1-2H3. The van der Waals surface area contributed by atoms with Crippen LogP contribution in [0.5, 0.6) is 5.75 Å². The van der Waals surface area contributed by atoms with Crippen LogP contribution in [0.4, 0.5) is 0 Å². The predicted molar refractivity (Wildman–Crippen MR) is 92.9 cm³/mol. The Hall–Kier alpha value is -1.59. The third-order valence-corrected chi connectivity index (χ3v) is 5.22. The number of hydrogen-bond donors (Lipinski definition) is 1. The molecule has 3 rings (SSSR count). The number of para-hydroxylation sites is 1. The summed E-state index contributed by atoms with van der Waals surface area (Å²) in [5.74, 6) is 1.55. The molecule has 2 heterocycles. The monoisotopic (exact) mass is 332 g/mol. The van der Waals surface area contributed by atoms with E-state index in [1.54, 1.807) is 7.11 Å². The molecule has 1 N–H and O–H groups in total. The van der Waals surface area contributed by atoms with Crippen molar-refractivity contribution in [3.63, 3.8) is 0 Å². The summed E-state index contributed by atoms with van der Waals surface area (Å²) < 4.78 is 11.2. The molecule has 5 heteroatoms. The van der Waals surface area contributed by atoms with Crippen LogP contribution in [0.15, 0.2) is 24.3 Å². The van der Waals surface area contributed by atoms with E-state index < -0.39 is 0 Å². The van der Waals surface area contributed by atoms with Gasteiger partial charge in [-0.15, -0.1) is 0 Å². The Morgan fingerprint density at radius 3 is 2.83 bits per heavy atom. The van der Waals surface area contributed by atoms with Gasteiger partial charge in [0.1, 0.15) is 5.75 Å². The molecule has 1 aromatic carbocycles. The summed E-state index contributed by atoms with van der Waals surface area (Å²) in [6, 6.07) is 7.93. The van der Waals surface area contributed by atoms with E-state index in [0.29, 0.717) is 19.0 Å². The van der Waals surface area contributed by atoms with Gasteiger partial charge in [-0.25, -0.2) is 0 Å². The lowest BCUT2D eigenvalue weighted by Crippen LogP contribution is -2.51. The van der Waals surface area contributed by atoms with Crippen LogP contribution in [0.25, 0.3) is 0 Å². The Kier molecular flexibility index (Phi) is 5.74. The molecular formula is C19H28N2O3. The molecule has 0 bridgehead atoms. The fourth-order valence-electron chi connectivity index (χ4n) is 3.46. The van der Waals surface area contributed by atoms with Crippen molar-refractivity contribution in [3.05, 3.63) is 29.8 Å². The number of benzene rings is 1. The van der Waals surface area contributed by atoms with Gasteiger partial charge in [0.2, 0.25) is 5.91 Å². The van der Waals surface area contributed by atoms with E-state index in [-0.39, 0.29) is 17.9 Å². The van der Waals surface area contributed by atoms with Gasteiger partial charge in [0.25, 0.3) is 0 Å². The average molecular weight is 332 g/mol. The van der Waals surface area contributed by atoms with E-state index in [1.807, 2.05) is 29.2 Å². The molecule has 2 fully saturated rings. The lowest BCUT2D eigenvalue weighted by molar-refractivity contribution is -0.139. The maximum Gasteiger partial charge on any atom is 0.226 e. The quantitative estimate of drug-likeness (QED) is 0.830. The van der Waals surface area contributed by atoms with Crippen LogP contribution in [0.1, 0.15) is 25.3 Å². The van der Waals surface area contributed by atoms with Gasteiger partial charge >= 0.3 is 0 Å². The normalized spacial score (nSPS) is 22.0. The highest BCUT2D eigenvalue weighted by Crippen LogP contribution is 2.25. The first-order chi connectivity index (χ1) is 11.7. The second kappa shape index (κ2) is 7.99. The molecule has 2 atom stereocenters. The predicted octanol–water partition coefficient (Wildman–Crippen LogP) is 2.06. The van der Waals surface area contributed by atoms with Crippen molar-refractivity contribution in [3.8, 4) is 5.75 Å². The van der Waals surface area contributed by atoms with E-state index in [4.69, 9.17) is 9.47 Å². The number of nitrogens with one attached hydrogen (secondary N) is 1. The molecule has 2 aliphatic rings. The number of nitrogens with zero attached hydrogens (tertiary/aromatic N) is 1. The molecule has 24 heavy (non-hydrogen) atoms. The minimum Gasteiger partial charge on any atom is -0.496 e. The van der Waals surface area contributed by atoms with Crippen LogP contribution < -0.4 is 10.1 Å². The molecule has 2 unspecified atom stereocenters. The lowest BCUT2D eigenvalue weighted by atomic mass is 9.87. The van der Waals surface area contributed by atoms with E-state index in [9.17, 15) is 4.79 Å². The number of amides is 1. The average Bonchev–Trinajstić information content (AvgIpc) is 3.05. The van der Waals surface area contributed by atoms with Gasteiger partial charge in [-0.2, -0.15) is 0 Å². The molecule has 1 aromatic rings. The minimum absolute atomic E-state index is 0.0439. The Balaban J connectivity index is 1.74. The van der Waals surface area contributed by atoms with Crippen molar-refractivity contribution >= 4 is 5.91 Å². The summed E-state index contributed by atoms with van der Waals surface area (Å²) in [6.07, 6.45) is 2.29. The van der Waals surface area contributed by atoms with Crippen molar-refractivity contribution < 1.29 is 14.3 Å². The number of rotatable bonds is 7. The molecule has 1 amide bonds.